The van der Waals surface area contributed by atoms with Gasteiger partial charge in [0.2, 0.25) is 0 Å². The van der Waals surface area contributed by atoms with Crippen molar-refractivity contribution in [2.24, 2.45) is 0 Å². The van der Waals surface area contributed by atoms with Gasteiger partial charge in [0.15, 0.2) is 5.65 Å². The molecular formula is C32H29ClFN7O2. The predicted octanol–water partition coefficient (Wildman–Crippen LogP) is 5.21. The van der Waals surface area contributed by atoms with Crippen LogP contribution in [-0.2, 0) is 19.4 Å². The minimum Gasteiger partial charge on any atom is -0.350 e. The van der Waals surface area contributed by atoms with Crippen LogP contribution in [0.5, 0.6) is 0 Å². The van der Waals surface area contributed by atoms with E-state index in [2.05, 4.69) is 26.8 Å². The molecular weight excluding hydrogens is 569 g/mol. The van der Waals surface area contributed by atoms with Crippen LogP contribution in [0.2, 0.25) is 5.02 Å². The van der Waals surface area contributed by atoms with Gasteiger partial charge in [0.1, 0.15) is 23.3 Å². The lowest BCUT2D eigenvalue weighted by Crippen LogP contribution is -2.32. The van der Waals surface area contributed by atoms with Crippen LogP contribution in [0.15, 0.2) is 73.1 Å². The summed E-state index contributed by atoms with van der Waals surface area (Å²) in [7, 11) is 0. The molecule has 0 aliphatic carbocycles. The summed E-state index contributed by atoms with van der Waals surface area (Å²) in [6.07, 6.45) is 4.96. The summed E-state index contributed by atoms with van der Waals surface area (Å²) in [5.74, 6) is -1.29. The minimum atomic E-state index is -0.713. The Morgan fingerprint density at radius 3 is 2.72 bits per heavy atom. The first kappa shape index (κ1) is 29.5. The van der Waals surface area contributed by atoms with Crippen molar-refractivity contribution in [2.45, 2.75) is 39.3 Å². The molecule has 0 saturated heterocycles. The van der Waals surface area contributed by atoms with Crippen LogP contribution in [-0.4, -0.2) is 37.5 Å². The van der Waals surface area contributed by atoms with Crippen LogP contribution in [0.25, 0.3) is 5.65 Å². The summed E-state index contributed by atoms with van der Waals surface area (Å²) in [5, 5.41) is 19.8. The molecule has 9 nitrogen and oxygen atoms in total. The van der Waals surface area contributed by atoms with Gasteiger partial charge in [-0.2, -0.15) is 10.4 Å². The fraction of sp³-hybridized carbons (Fsp3) is 0.219. The number of hydrogen-bond donors (Lipinski definition) is 2. The highest BCUT2D eigenvalue weighted by Gasteiger charge is 2.21. The Balaban J connectivity index is 1.22. The first-order valence-corrected chi connectivity index (χ1v) is 14.1. The van der Waals surface area contributed by atoms with Gasteiger partial charge in [-0.3, -0.25) is 9.59 Å². The number of carbonyl (C=O) groups excluding carboxylic acids is 2. The zero-order valence-corrected chi connectivity index (χ0v) is 24.4. The molecule has 0 radical (unpaired) electrons. The highest BCUT2D eigenvalue weighted by Crippen LogP contribution is 2.26. The van der Waals surface area contributed by atoms with Gasteiger partial charge in [0, 0.05) is 35.4 Å². The molecule has 3 aromatic heterocycles. The summed E-state index contributed by atoms with van der Waals surface area (Å²) >= 11 is 6.15. The van der Waals surface area contributed by atoms with E-state index in [-0.39, 0.29) is 41.0 Å². The number of aryl methyl sites for hydroxylation is 3. The standard InChI is InChI=1S/C32H29ClFN7O2/c1-20-8-9-23(17-22(20)10-11-25-19-37-29-7-4-14-38-41(25)29)31(42)36-15-16-40-24(18-35)12-13-28(40)32(43)39-21(2)30-26(33)5-3-6-27(30)34/h3-9,12-14,17,19,21H,10-11,15-16H2,1-2H3,(H,36,42)(H,39,43)/t21-/m0/s1. The number of imidazole rings is 1. The number of nitrogens with one attached hydrogen (secondary N) is 2. The van der Waals surface area contributed by atoms with Crippen molar-refractivity contribution in [2.75, 3.05) is 6.54 Å². The largest absolute Gasteiger partial charge is 0.350 e. The number of rotatable bonds is 10. The van der Waals surface area contributed by atoms with E-state index in [1.807, 2.05) is 41.9 Å². The van der Waals surface area contributed by atoms with Crippen LogP contribution >= 0.6 is 11.6 Å². The highest BCUT2D eigenvalue weighted by molar-refractivity contribution is 6.31. The van der Waals surface area contributed by atoms with E-state index in [1.165, 1.54) is 28.8 Å². The lowest BCUT2D eigenvalue weighted by atomic mass is 10.00. The molecule has 0 saturated carbocycles. The molecule has 2 N–H and O–H groups in total. The molecule has 218 valence electrons. The Labute approximate surface area is 252 Å². The van der Waals surface area contributed by atoms with Gasteiger partial charge in [-0.15, -0.1) is 0 Å². The van der Waals surface area contributed by atoms with Crippen molar-refractivity contribution in [3.63, 3.8) is 0 Å². The molecule has 0 aliphatic rings. The monoisotopic (exact) mass is 597 g/mol. The second-order valence-corrected chi connectivity index (χ2v) is 10.5. The maximum Gasteiger partial charge on any atom is 0.268 e. The fourth-order valence-corrected chi connectivity index (χ4v) is 5.38. The number of nitriles is 1. The van der Waals surface area contributed by atoms with E-state index in [4.69, 9.17) is 11.6 Å². The smallest absolute Gasteiger partial charge is 0.268 e. The topological polar surface area (TPSA) is 117 Å². The van der Waals surface area contributed by atoms with E-state index >= 15 is 0 Å². The van der Waals surface area contributed by atoms with Gasteiger partial charge >= 0.3 is 0 Å². The molecule has 0 aliphatic heterocycles. The molecule has 0 fully saturated rings. The maximum absolute atomic E-state index is 14.4. The molecule has 3 heterocycles. The third-order valence-electron chi connectivity index (χ3n) is 7.34. The Morgan fingerprint density at radius 2 is 1.93 bits per heavy atom. The summed E-state index contributed by atoms with van der Waals surface area (Å²) in [4.78, 5) is 30.5. The van der Waals surface area contributed by atoms with E-state index in [1.54, 1.807) is 25.3 Å². The molecule has 2 amide bonds. The van der Waals surface area contributed by atoms with Crippen LogP contribution in [0, 0.1) is 24.1 Å². The molecule has 5 aromatic rings. The van der Waals surface area contributed by atoms with Gasteiger partial charge in [-0.05, 0) is 86.3 Å². The number of nitrogens with zero attached hydrogens (tertiary/aromatic N) is 5. The number of aromatic nitrogens is 4. The molecule has 0 bridgehead atoms. The Morgan fingerprint density at radius 1 is 1.09 bits per heavy atom. The van der Waals surface area contributed by atoms with Crippen LogP contribution in [0.4, 0.5) is 4.39 Å². The molecule has 2 aromatic carbocycles. The number of carbonyl (C=O) groups is 2. The Hall–Kier alpha value is -5.01. The number of hydrogen-bond acceptors (Lipinski definition) is 5. The molecule has 11 heteroatoms. The van der Waals surface area contributed by atoms with Crippen molar-refractivity contribution < 1.29 is 14.0 Å². The number of halogens is 2. The molecule has 0 spiro atoms. The first-order chi connectivity index (χ1) is 20.8. The van der Waals surface area contributed by atoms with Crippen molar-refractivity contribution >= 4 is 29.1 Å². The van der Waals surface area contributed by atoms with Crippen molar-refractivity contribution in [3.05, 3.63) is 123 Å². The van der Waals surface area contributed by atoms with Gasteiger partial charge in [-0.25, -0.2) is 13.9 Å². The summed E-state index contributed by atoms with van der Waals surface area (Å²) < 4.78 is 17.7. The van der Waals surface area contributed by atoms with E-state index in [0.29, 0.717) is 18.4 Å². The third-order valence-corrected chi connectivity index (χ3v) is 7.67. The van der Waals surface area contributed by atoms with Crippen molar-refractivity contribution in [1.82, 2.24) is 29.8 Å². The van der Waals surface area contributed by atoms with Gasteiger partial charge in [0.05, 0.1) is 17.9 Å². The van der Waals surface area contributed by atoms with Crippen LogP contribution in [0.3, 0.4) is 0 Å². The normalized spacial score (nSPS) is 11.7. The Bertz CT molecular complexity index is 1840. The molecule has 43 heavy (non-hydrogen) atoms. The van der Waals surface area contributed by atoms with Crippen LogP contribution < -0.4 is 10.6 Å². The quantitative estimate of drug-likeness (QED) is 0.229. The third kappa shape index (κ3) is 6.42. The lowest BCUT2D eigenvalue weighted by Gasteiger charge is -2.18. The lowest BCUT2D eigenvalue weighted by molar-refractivity contribution is 0.0930. The van der Waals surface area contributed by atoms with Crippen molar-refractivity contribution in [1.29, 1.82) is 5.26 Å². The summed E-state index contributed by atoms with van der Waals surface area (Å²) in [6, 6.07) is 18.1. The van der Waals surface area contributed by atoms with Gasteiger partial charge in [0.25, 0.3) is 11.8 Å². The molecule has 5 rings (SSSR count). The second-order valence-electron chi connectivity index (χ2n) is 10.1. The maximum atomic E-state index is 14.4. The first-order valence-electron chi connectivity index (χ1n) is 13.8. The van der Waals surface area contributed by atoms with E-state index in [0.717, 1.165) is 22.5 Å². The average Bonchev–Trinajstić information content (AvgIpc) is 3.60. The van der Waals surface area contributed by atoms with E-state index in [9.17, 15) is 19.2 Å². The number of fused-ring (bicyclic) bond motifs is 1. The highest BCUT2D eigenvalue weighted by atomic mass is 35.5. The second kappa shape index (κ2) is 12.9. The van der Waals surface area contributed by atoms with Gasteiger partial charge in [-0.1, -0.05) is 23.7 Å². The van der Waals surface area contributed by atoms with Crippen LogP contribution in [0.1, 0.15) is 61.9 Å². The fourth-order valence-electron chi connectivity index (χ4n) is 5.05. The summed E-state index contributed by atoms with van der Waals surface area (Å²) in [5.41, 5.74) is 5.05. The van der Waals surface area contributed by atoms with E-state index < -0.39 is 17.8 Å². The SMILES string of the molecule is Cc1ccc(C(=O)NCCn2c(C#N)ccc2C(=O)N[C@@H](C)c2c(F)cccc2Cl)cc1CCc1cnc2cccnn12. The molecule has 0 unspecified atom stereocenters. The number of benzene rings is 2. The Kier molecular flexibility index (Phi) is 8.83. The predicted molar refractivity (Wildman–Crippen MR) is 160 cm³/mol. The zero-order valence-electron chi connectivity index (χ0n) is 23.6. The molecule has 1 atom stereocenters. The zero-order chi connectivity index (χ0) is 30.5. The average molecular weight is 598 g/mol. The minimum absolute atomic E-state index is 0.174. The summed E-state index contributed by atoms with van der Waals surface area (Å²) in [6.45, 7) is 3.99. The van der Waals surface area contributed by atoms with Gasteiger partial charge < -0.3 is 15.2 Å². The van der Waals surface area contributed by atoms with Crippen molar-refractivity contribution in [3.8, 4) is 6.07 Å². The number of amides is 2.